The van der Waals surface area contributed by atoms with Crippen LogP contribution in [0.5, 0.6) is 0 Å². The average Bonchev–Trinajstić information content (AvgIpc) is 2.93. The van der Waals surface area contributed by atoms with Gasteiger partial charge in [-0.25, -0.2) is 0 Å². The highest BCUT2D eigenvalue weighted by atomic mass is 127. The highest BCUT2D eigenvalue weighted by Crippen LogP contribution is 2.24. The number of hydrogen-bond acceptors (Lipinski definition) is 5. The van der Waals surface area contributed by atoms with E-state index in [1.807, 2.05) is 0 Å². The molecule has 0 amide bonds. The van der Waals surface area contributed by atoms with Crippen LogP contribution in [0.1, 0.15) is 30.8 Å². The van der Waals surface area contributed by atoms with Gasteiger partial charge in [-0.3, -0.25) is 0 Å². The summed E-state index contributed by atoms with van der Waals surface area (Å²) in [6.45, 7) is 3.17. The number of rotatable bonds is 6. The molecular weight excluding hydrogens is 361 g/mol. The second kappa shape index (κ2) is 6.58. The molecule has 7 heteroatoms. The van der Waals surface area contributed by atoms with Crippen LogP contribution in [0, 0.1) is 2.88 Å². The Bertz CT molecular complexity index is 495. The Balaban J connectivity index is 2.09. The van der Waals surface area contributed by atoms with Gasteiger partial charge in [-0.2, -0.15) is 4.80 Å². The predicted octanol–water partition coefficient (Wildman–Crippen LogP) is 2.16. The third kappa shape index (κ3) is 3.72. The standard InChI is InChI=1S/C11H16IN5S/c1-3-4-13-9(8-5-10(12)18-7-8)6-11-14-16-17(2)15-11/h5,7,9,13H,3-4,6H2,1-2H3. The first-order valence-electron chi connectivity index (χ1n) is 5.89. The summed E-state index contributed by atoms with van der Waals surface area (Å²) >= 11 is 4.12. The summed E-state index contributed by atoms with van der Waals surface area (Å²) in [5.41, 5.74) is 1.31. The van der Waals surface area contributed by atoms with Crippen LogP contribution >= 0.6 is 33.9 Å². The quantitative estimate of drug-likeness (QED) is 0.784. The van der Waals surface area contributed by atoms with Crippen molar-refractivity contribution in [3.05, 3.63) is 25.7 Å². The van der Waals surface area contributed by atoms with Gasteiger partial charge in [0.2, 0.25) is 0 Å². The number of halogens is 1. The fourth-order valence-corrected chi connectivity index (χ4v) is 3.15. The SMILES string of the molecule is CCCNC(Cc1nnn(C)n1)c1csc(I)c1. The van der Waals surface area contributed by atoms with Gasteiger partial charge in [0.1, 0.15) is 0 Å². The van der Waals surface area contributed by atoms with Crippen LogP contribution < -0.4 is 5.32 Å². The number of aromatic nitrogens is 4. The second-order valence-corrected chi connectivity index (χ2v) is 6.90. The summed E-state index contributed by atoms with van der Waals surface area (Å²) in [6.07, 6.45) is 1.90. The molecule has 2 aromatic heterocycles. The van der Waals surface area contributed by atoms with E-state index in [9.17, 15) is 0 Å². The molecule has 5 nitrogen and oxygen atoms in total. The molecule has 0 aromatic carbocycles. The Labute approximate surface area is 124 Å². The molecule has 0 aliphatic heterocycles. The predicted molar refractivity (Wildman–Crippen MR) is 80.6 cm³/mol. The van der Waals surface area contributed by atoms with Crippen LogP contribution in [0.4, 0.5) is 0 Å². The molecule has 2 rings (SSSR count). The van der Waals surface area contributed by atoms with Crippen molar-refractivity contribution in [1.29, 1.82) is 0 Å². The third-order valence-corrected chi connectivity index (χ3v) is 4.37. The molecule has 0 saturated carbocycles. The number of hydrogen-bond donors (Lipinski definition) is 1. The molecule has 0 spiro atoms. The monoisotopic (exact) mass is 377 g/mol. The first kappa shape index (κ1) is 13.9. The molecule has 98 valence electrons. The maximum absolute atomic E-state index is 4.25. The molecule has 0 aliphatic rings. The molecule has 0 fully saturated rings. The van der Waals surface area contributed by atoms with E-state index in [0.29, 0.717) is 0 Å². The molecule has 0 bridgehead atoms. The van der Waals surface area contributed by atoms with Gasteiger partial charge < -0.3 is 5.32 Å². The van der Waals surface area contributed by atoms with Gasteiger partial charge in [-0.05, 0) is 57.8 Å². The second-order valence-electron chi connectivity index (χ2n) is 4.09. The number of aryl methyl sites for hydroxylation is 1. The van der Waals surface area contributed by atoms with Gasteiger partial charge in [-0.1, -0.05) is 6.92 Å². The smallest absolute Gasteiger partial charge is 0.176 e. The lowest BCUT2D eigenvalue weighted by Crippen LogP contribution is -2.24. The minimum Gasteiger partial charge on any atom is -0.310 e. The molecule has 1 atom stereocenters. The van der Waals surface area contributed by atoms with Gasteiger partial charge in [0.25, 0.3) is 0 Å². The molecule has 0 aliphatic carbocycles. The van der Waals surface area contributed by atoms with Crippen molar-refractivity contribution in [1.82, 2.24) is 25.5 Å². The maximum Gasteiger partial charge on any atom is 0.176 e. The third-order valence-electron chi connectivity index (χ3n) is 2.57. The van der Waals surface area contributed by atoms with E-state index in [1.54, 1.807) is 18.4 Å². The van der Waals surface area contributed by atoms with Crippen LogP contribution in [0.25, 0.3) is 0 Å². The van der Waals surface area contributed by atoms with E-state index < -0.39 is 0 Å². The minimum absolute atomic E-state index is 0.272. The van der Waals surface area contributed by atoms with Gasteiger partial charge >= 0.3 is 0 Å². The number of tetrazole rings is 1. The van der Waals surface area contributed by atoms with E-state index in [1.165, 1.54) is 13.2 Å². The molecule has 1 N–H and O–H groups in total. The van der Waals surface area contributed by atoms with Crippen LogP contribution in [0.3, 0.4) is 0 Å². The zero-order valence-corrected chi connectivity index (χ0v) is 13.4. The summed E-state index contributed by atoms with van der Waals surface area (Å²) in [5, 5.41) is 17.9. The van der Waals surface area contributed by atoms with Crippen molar-refractivity contribution in [2.45, 2.75) is 25.8 Å². The summed E-state index contributed by atoms with van der Waals surface area (Å²) in [5.74, 6) is 0.785. The van der Waals surface area contributed by atoms with Crippen molar-refractivity contribution >= 4 is 33.9 Å². The van der Waals surface area contributed by atoms with Gasteiger partial charge in [-0.15, -0.1) is 21.5 Å². The number of nitrogens with one attached hydrogen (secondary N) is 1. The van der Waals surface area contributed by atoms with E-state index >= 15 is 0 Å². The molecule has 18 heavy (non-hydrogen) atoms. The Morgan fingerprint density at radius 3 is 2.94 bits per heavy atom. The van der Waals surface area contributed by atoms with Crippen LogP contribution in [0.2, 0.25) is 0 Å². The van der Waals surface area contributed by atoms with Gasteiger partial charge in [0.15, 0.2) is 5.82 Å². The highest BCUT2D eigenvalue weighted by Gasteiger charge is 2.15. The molecule has 1 unspecified atom stereocenters. The normalized spacial score (nSPS) is 12.8. The first-order chi connectivity index (χ1) is 8.69. The molecular formula is C11H16IN5S. The first-order valence-corrected chi connectivity index (χ1v) is 7.85. The zero-order chi connectivity index (χ0) is 13.0. The Kier molecular flexibility index (Phi) is 5.07. The van der Waals surface area contributed by atoms with Crippen molar-refractivity contribution in [3.8, 4) is 0 Å². The van der Waals surface area contributed by atoms with Crippen molar-refractivity contribution in [3.63, 3.8) is 0 Å². The molecule has 0 saturated heterocycles. The van der Waals surface area contributed by atoms with Gasteiger partial charge in [0.05, 0.1) is 9.93 Å². The molecule has 2 aromatic rings. The average molecular weight is 377 g/mol. The Hall–Kier alpha value is -0.540. The molecule has 2 heterocycles. The Morgan fingerprint density at radius 2 is 2.39 bits per heavy atom. The largest absolute Gasteiger partial charge is 0.310 e. The maximum atomic E-state index is 4.25. The lowest BCUT2D eigenvalue weighted by molar-refractivity contribution is 0.518. The Morgan fingerprint density at radius 1 is 1.56 bits per heavy atom. The summed E-state index contributed by atoms with van der Waals surface area (Å²) in [6, 6.07) is 2.49. The van der Waals surface area contributed by atoms with E-state index in [2.05, 4.69) is 61.7 Å². The van der Waals surface area contributed by atoms with Crippen molar-refractivity contribution in [2.24, 2.45) is 7.05 Å². The lowest BCUT2D eigenvalue weighted by Gasteiger charge is -2.15. The van der Waals surface area contributed by atoms with Gasteiger partial charge in [0, 0.05) is 12.5 Å². The zero-order valence-electron chi connectivity index (χ0n) is 10.4. The summed E-state index contributed by atoms with van der Waals surface area (Å²) < 4.78 is 1.30. The van der Waals surface area contributed by atoms with E-state index in [0.717, 1.165) is 25.2 Å². The van der Waals surface area contributed by atoms with Crippen LogP contribution in [-0.2, 0) is 13.5 Å². The number of nitrogens with zero attached hydrogens (tertiary/aromatic N) is 4. The fourth-order valence-electron chi connectivity index (χ4n) is 1.72. The fraction of sp³-hybridized carbons (Fsp3) is 0.545. The lowest BCUT2D eigenvalue weighted by atomic mass is 10.1. The minimum atomic E-state index is 0.272. The van der Waals surface area contributed by atoms with E-state index in [-0.39, 0.29) is 6.04 Å². The molecule has 0 radical (unpaired) electrons. The van der Waals surface area contributed by atoms with Crippen LogP contribution in [0.15, 0.2) is 11.4 Å². The summed E-state index contributed by atoms with van der Waals surface area (Å²) in [4.78, 5) is 1.50. The van der Waals surface area contributed by atoms with Crippen molar-refractivity contribution < 1.29 is 0 Å². The topological polar surface area (TPSA) is 55.6 Å². The van der Waals surface area contributed by atoms with Crippen LogP contribution in [-0.4, -0.2) is 26.8 Å². The highest BCUT2D eigenvalue weighted by molar-refractivity contribution is 14.1. The number of thiophene rings is 1. The van der Waals surface area contributed by atoms with Crippen molar-refractivity contribution in [2.75, 3.05) is 6.54 Å². The summed E-state index contributed by atoms with van der Waals surface area (Å²) in [7, 11) is 1.79. The van der Waals surface area contributed by atoms with E-state index in [4.69, 9.17) is 0 Å².